The molecule has 1 atom stereocenters. The summed E-state index contributed by atoms with van der Waals surface area (Å²) in [5, 5.41) is 0.699. The molecule has 0 aliphatic heterocycles. The van der Waals surface area contributed by atoms with Gasteiger partial charge in [-0.05, 0) is 107 Å². The van der Waals surface area contributed by atoms with Gasteiger partial charge in [-0.15, -0.1) is 0 Å². The van der Waals surface area contributed by atoms with Gasteiger partial charge in [0.1, 0.15) is 0 Å². The lowest BCUT2D eigenvalue weighted by Crippen LogP contribution is -2.33. The van der Waals surface area contributed by atoms with Crippen LogP contribution in [0.2, 0.25) is 0 Å². The number of thiol groups is 1. The standard InChI is InChI=1S/C20H37NS/c1-14(16-6-10-19(21)11-7-16)15-2-4-17(5-3-15)18-8-12-20(22)13-9-18/h14-20,22H,2-13,21H2,1H3. The molecule has 3 saturated carbocycles. The predicted molar refractivity (Wildman–Crippen MR) is 99.3 cm³/mol. The van der Waals surface area contributed by atoms with Gasteiger partial charge in [0, 0.05) is 11.3 Å². The summed E-state index contributed by atoms with van der Waals surface area (Å²) in [4.78, 5) is 0. The monoisotopic (exact) mass is 323 g/mol. The molecule has 3 aliphatic carbocycles. The summed E-state index contributed by atoms with van der Waals surface area (Å²) in [6.07, 6.45) is 17.0. The van der Waals surface area contributed by atoms with E-state index in [0.29, 0.717) is 11.3 Å². The van der Waals surface area contributed by atoms with Gasteiger partial charge in [0.15, 0.2) is 0 Å². The van der Waals surface area contributed by atoms with Crippen LogP contribution in [0.15, 0.2) is 0 Å². The quantitative estimate of drug-likeness (QED) is 0.665. The first-order valence-electron chi connectivity index (χ1n) is 10.1. The normalized spacial score (nSPS) is 45.4. The minimum absolute atomic E-state index is 0.501. The molecule has 2 N–H and O–H groups in total. The number of hydrogen-bond donors (Lipinski definition) is 2. The van der Waals surface area contributed by atoms with E-state index in [1.54, 1.807) is 0 Å². The molecule has 0 heterocycles. The van der Waals surface area contributed by atoms with E-state index in [-0.39, 0.29) is 0 Å². The molecule has 0 spiro atoms. The zero-order chi connectivity index (χ0) is 15.5. The van der Waals surface area contributed by atoms with Crippen LogP contribution in [0.25, 0.3) is 0 Å². The van der Waals surface area contributed by atoms with Crippen molar-refractivity contribution in [2.75, 3.05) is 0 Å². The summed E-state index contributed by atoms with van der Waals surface area (Å²) >= 11 is 4.66. The summed E-state index contributed by atoms with van der Waals surface area (Å²) in [5.74, 6) is 5.01. The van der Waals surface area contributed by atoms with E-state index in [4.69, 9.17) is 5.73 Å². The zero-order valence-corrected chi connectivity index (χ0v) is 15.4. The molecule has 0 amide bonds. The van der Waals surface area contributed by atoms with Crippen LogP contribution in [-0.4, -0.2) is 11.3 Å². The lowest BCUT2D eigenvalue weighted by molar-refractivity contribution is 0.107. The lowest BCUT2D eigenvalue weighted by atomic mass is 9.65. The molecule has 0 aromatic heterocycles. The largest absolute Gasteiger partial charge is 0.328 e. The van der Waals surface area contributed by atoms with E-state index in [1.807, 2.05) is 0 Å². The first-order chi connectivity index (χ1) is 10.6. The Hall–Kier alpha value is 0.310. The van der Waals surface area contributed by atoms with Crippen LogP contribution in [0.4, 0.5) is 0 Å². The topological polar surface area (TPSA) is 26.0 Å². The van der Waals surface area contributed by atoms with Crippen LogP contribution in [0.3, 0.4) is 0 Å². The fraction of sp³-hybridized carbons (Fsp3) is 1.00. The number of rotatable bonds is 3. The van der Waals surface area contributed by atoms with E-state index in [2.05, 4.69) is 19.6 Å². The SMILES string of the molecule is CC(C1CCC(N)CC1)C1CCC(C2CCC(S)CC2)CC1. The van der Waals surface area contributed by atoms with E-state index >= 15 is 0 Å². The summed E-state index contributed by atoms with van der Waals surface area (Å²) in [7, 11) is 0. The van der Waals surface area contributed by atoms with Crippen molar-refractivity contribution in [1.82, 2.24) is 0 Å². The number of nitrogens with two attached hydrogens (primary N) is 1. The molecule has 0 aromatic rings. The second-order valence-corrected chi connectivity index (χ2v) is 9.51. The molecular weight excluding hydrogens is 286 g/mol. The van der Waals surface area contributed by atoms with Crippen LogP contribution < -0.4 is 5.73 Å². The molecular formula is C20H37NS. The van der Waals surface area contributed by atoms with Crippen molar-refractivity contribution < 1.29 is 0 Å². The molecule has 0 bridgehead atoms. The van der Waals surface area contributed by atoms with Crippen molar-refractivity contribution >= 4 is 12.6 Å². The van der Waals surface area contributed by atoms with Crippen molar-refractivity contribution in [3.8, 4) is 0 Å². The Kier molecular flexibility index (Phi) is 6.17. The van der Waals surface area contributed by atoms with Gasteiger partial charge in [0.25, 0.3) is 0 Å². The van der Waals surface area contributed by atoms with Crippen molar-refractivity contribution in [1.29, 1.82) is 0 Å². The van der Waals surface area contributed by atoms with Crippen molar-refractivity contribution in [3.63, 3.8) is 0 Å². The van der Waals surface area contributed by atoms with Gasteiger partial charge < -0.3 is 5.73 Å². The summed E-state index contributed by atoms with van der Waals surface area (Å²) in [6, 6.07) is 0.501. The maximum absolute atomic E-state index is 6.08. The minimum Gasteiger partial charge on any atom is -0.328 e. The molecule has 3 aliphatic rings. The zero-order valence-electron chi connectivity index (χ0n) is 14.6. The highest BCUT2D eigenvalue weighted by Crippen LogP contribution is 2.45. The lowest BCUT2D eigenvalue weighted by Gasteiger charge is -2.41. The number of hydrogen-bond acceptors (Lipinski definition) is 2. The van der Waals surface area contributed by atoms with Gasteiger partial charge >= 0.3 is 0 Å². The van der Waals surface area contributed by atoms with Crippen LogP contribution >= 0.6 is 12.6 Å². The molecule has 0 aromatic carbocycles. The van der Waals surface area contributed by atoms with Gasteiger partial charge in [0.05, 0.1) is 0 Å². The van der Waals surface area contributed by atoms with Crippen LogP contribution in [0.5, 0.6) is 0 Å². The van der Waals surface area contributed by atoms with Gasteiger partial charge in [-0.3, -0.25) is 0 Å². The van der Waals surface area contributed by atoms with Crippen LogP contribution in [-0.2, 0) is 0 Å². The van der Waals surface area contributed by atoms with Crippen LogP contribution in [0, 0.1) is 29.6 Å². The third kappa shape index (κ3) is 4.23. The Morgan fingerprint density at radius 2 is 1.09 bits per heavy atom. The Morgan fingerprint density at radius 3 is 1.59 bits per heavy atom. The van der Waals surface area contributed by atoms with Crippen molar-refractivity contribution in [2.24, 2.45) is 35.3 Å². The average Bonchev–Trinajstić information content (AvgIpc) is 2.56. The maximum Gasteiger partial charge on any atom is 0.00390 e. The molecule has 1 unspecified atom stereocenters. The molecule has 0 radical (unpaired) electrons. The first kappa shape index (κ1) is 17.1. The first-order valence-corrected chi connectivity index (χ1v) is 10.6. The van der Waals surface area contributed by atoms with E-state index < -0.39 is 0 Å². The molecule has 0 saturated heterocycles. The molecule has 3 rings (SSSR count). The van der Waals surface area contributed by atoms with Crippen molar-refractivity contribution in [2.45, 2.75) is 95.3 Å². The Bertz CT molecular complexity index is 321. The summed E-state index contributed by atoms with van der Waals surface area (Å²) in [5.41, 5.74) is 6.08. The van der Waals surface area contributed by atoms with Gasteiger partial charge in [-0.25, -0.2) is 0 Å². The van der Waals surface area contributed by atoms with Gasteiger partial charge in [0.2, 0.25) is 0 Å². The minimum atomic E-state index is 0.501. The molecule has 128 valence electrons. The average molecular weight is 324 g/mol. The maximum atomic E-state index is 6.08. The fourth-order valence-electron chi connectivity index (χ4n) is 5.77. The van der Waals surface area contributed by atoms with E-state index in [1.165, 1.54) is 77.0 Å². The highest BCUT2D eigenvalue weighted by atomic mass is 32.1. The summed E-state index contributed by atoms with van der Waals surface area (Å²) < 4.78 is 0. The van der Waals surface area contributed by atoms with Crippen LogP contribution in [0.1, 0.15) is 84.0 Å². The van der Waals surface area contributed by atoms with Crippen molar-refractivity contribution in [3.05, 3.63) is 0 Å². The Morgan fingerprint density at radius 1 is 0.682 bits per heavy atom. The molecule has 22 heavy (non-hydrogen) atoms. The smallest absolute Gasteiger partial charge is 0.00390 e. The Balaban J connectivity index is 1.43. The molecule has 1 nitrogen and oxygen atoms in total. The van der Waals surface area contributed by atoms with E-state index in [9.17, 15) is 0 Å². The second-order valence-electron chi connectivity index (χ2n) is 8.78. The highest BCUT2D eigenvalue weighted by Gasteiger charge is 2.34. The second kappa shape index (κ2) is 7.92. The third-order valence-corrected chi connectivity index (χ3v) is 8.04. The molecule has 3 fully saturated rings. The highest BCUT2D eigenvalue weighted by molar-refractivity contribution is 7.80. The Labute approximate surface area is 143 Å². The van der Waals surface area contributed by atoms with Gasteiger partial charge in [-0.2, -0.15) is 12.6 Å². The predicted octanol–water partition coefficient (Wildman–Crippen LogP) is 5.44. The fourth-order valence-corrected chi connectivity index (χ4v) is 6.07. The van der Waals surface area contributed by atoms with E-state index in [0.717, 1.165) is 29.6 Å². The summed E-state index contributed by atoms with van der Waals surface area (Å²) in [6.45, 7) is 2.55. The van der Waals surface area contributed by atoms with Gasteiger partial charge in [-0.1, -0.05) is 6.92 Å². The molecule has 2 heteroatoms. The third-order valence-electron chi connectivity index (χ3n) is 7.53.